The van der Waals surface area contributed by atoms with Gasteiger partial charge in [-0.15, -0.1) is 0 Å². The minimum absolute atomic E-state index is 0.124. The molecule has 6 heteroatoms. The van der Waals surface area contributed by atoms with Crippen molar-refractivity contribution in [3.05, 3.63) is 35.4 Å². The molecule has 0 saturated carbocycles. The van der Waals surface area contributed by atoms with E-state index in [1.54, 1.807) is 6.07 Å². The zero-order chi connectivity index (χ0) is 15.0. The maximum Gasteiger partial charge on any atom is 0.312 e. The summed E-state index contributed by atoms with van der Waals surface area (Å²) in [5.74, 6) is -1.96. The van der Waals surface area contributed by atoms with Gasteiger partial charge in [-0.25, -0.2) is 0 Å². The Morgan fingerprint density at radius 3 is 2.71 bits per heavy atom. The molecule has 0 bridgehead atoms. The van der Waals surface area contributed by atoms with E-state index in [1.165, 1.54) is 4.90 Å². The first-order chi connectivity index (χ1) is 10.1. The van der Waals surface area contributed by atoms with Gasteiger partial charge >= 0.3 is 5.97 Å². The third-order valence-electron chi connectivity index (χ3n) is 4.10. The van der Waals surface area contributed by atoms with Gasteiger partial charge in [0.25, 0.3) is 0 Å². The fraction of sp³-hybridized carbons (Fsp3) is 0.400. The molecular weight excluding hydrogens is 272 g/mol. The Hall–Kier alpha value is -2.37. The minimum atomic E-state index is -0.935. The number of fused-ring (bicyclic) bond motifs is 1. The molecule has 2 aliphatic rings. The number of carbonyl (C=O) groups excluding carboxylic acids is 2. The lowest BCUT2D eigenvalue weighted by atomic mass is 9.89. The quantitative estimate of drug-likeness (QED) is 0.828. The second-order valence-corrected chi connectivity index (χ2v) is 5.47. The summed E-state index contributed by atoms with van der Waals surface area (Å²) in [6, 6.07) is 6.77. The molecule has 2 unspecified atom stereocenters. The molecule has 2 N–H and O–H groups in total. The molecule has 21 heavy (non-hydrogen) atoms. The molecule has 3 rings (SSSR count). The largest absolute Gasteiger partial charge is 0.481 e. The van der Waals surface area contributed by atoms with Crippen molar-refractivity contribution in [2.24, 2.45) is 0 Å². The van der Waals surface area contributed by atoms with Crippen LogP contribution in [0.3, 0.4) is 0 Å². The number of rotatable bonds is 2. The third-order valence-corrected chi connectivity index (χ3v) is 4.10. The highest BCUT2D eigenvalue weighted by molar-refractivity contribution is 5.91. The zero-order valence-corrected chi connectivity index (χ0v) is 11.4. The highest BCUT2D eigenvalue weighted by Gasteiger charge is 2.36. The van der Waals surface area contributed by atoms with Crippen molar-refractivity contribution in [2.45, 2.75) is 31.3 Å². The lowest BCUT2D eigenvalue weighted by Gasteiger charge is -2.34. The maximum absolute atomic E-state index is 12.4. The molecule has 2 aliphatic heterocycles. The molecule has 2 amide bonds. The molecule has 0 aliphatic carbocycles. The van der Waals surface area contributed by atoms with Gasteiger partial charge in [0, 0.05) is 19.5 Å². The van der Waals surface area contributed by atoms with Crippen LogP contribution in [0, 0.1) is 0 Å². The van der Waals surface area contributed by atoms with Gasteiger partial charge in [-0.05, 0) is 17.5 Å². The van der Waals surface area contributed by atoms with Gasteiger partial charge in [0.15, 0.2) is 0 Å². The number of benzene rings is 1. The van der Waals surface area contributed by atoms with Crippen LogP contribution < -0.4 is 5.32 Å². The zero-order valence-electron chi connectivity index (χ0n) is 11.4. The molecule has 0 spiro atoms. The van der Waals surface area contributed by atoms with E-state index in [9.17, 15) is 19.5 Å². The third kappa shape index (κ3) is 2.49. The Bertz CT molecular complexity index is 613. The normalized spacial score (nSPS) is 24.4. The first kappa shape index (κ1) is 13.6. The van der Waals surface area contributed by atoms with Crippen molar-refractivity contribution >= 4 is 17.8 Å². The lowest BCUT2D eigenvalue weighted by molar-refractivity contribution is -0.142. The summed E-state index contributed by atoms with van der Waals surface area (Å²) in [5, 5.41) is 12.0. The van der Waals surface area contributed by atoms with Gasteiger partial charge in [0.1, 0.15) is 6.04 Å². The summed E-state index contributed by atoms with van der Waals surface area (Å²) in [5.41, 5.74) is 1.62. The molecule has 2 heterocycles. The molecule has 1 fully saturated rings. The van der Waals surface area contributed by atoms with E-state index in [1.807, 2.05) is 18.2 Å². The molecule has 0 aromatic heterocycles. The summed E-state index contributed by atoms with van der Waals surface area (Å²) in [6.07, 6.45) is 0.830. The minimum Gasteiger partial charge on any atom is -0.481 e. The van der Waals surface area contributed by atoms with Crippen molar-refractivity contribution < 1.29 is 19.5 Å². The van der Waals surface area contributed by atoms with Crippen LogP contribution in [0.25, 0.3) is 0 Å². The maximum atomic E-state index is 12.4. The van der Waals surface area contributed by atoms with Crippen LogP contribution in [0.2, 0.25) is 0 Å². The summed E-state index contributed by atoms with van der Waals surface area (Å²) < 4.78 is 0. The van der Waals surface area contributed by atoms with Crippen molar-refractivity contribution in [2.75, 3.05) is 6.54 Å². The van der Waals surface area contributed by atoms with Crippen molar-refractivity contribution in [3.8, 4) is 0 Å². The Balaban J connectivity index is 1.84. The van der Waals surface area contributed by atoms with Gasteiger partial charge < -0.3 is 15.3 Å². The highest BCUT2D eigenvalue weighted by Crippen LogP contribution is 2.29. The van der Waals surface area contributed by atoms with E-state index in [0.717, 1.165) is 11.1 Å². The van der Waals surface area contributed by atoms with E-state index < -0.39 is 17.9 Å². The molecule has 6 nitrogen and oxygen atoms in total. The average molecular weight is 288 g/mol. The lowest BCUT2D eigenvalue weighted by Crippen LogP contribution is -2.48. The average Bonchev–Trinajstić information content (AvgIpc) is 2.91. The number of carboxylic acids is 1. The predicted octanol–water partition coefficient (Wildman–Crippen LogP) is 0.476. The van der Waals surface area contributed by atoms with Crippen LogP contribution in [-0.2, 0) is 20.9 Å². The predicted molar refractivity (Wildman–Crippen MR) is 73.4 cm³/mol. The van der Waals surface area contributed by atoms with Gasteiger partial charge in [-0.3, -0.25) is 14.4 Å². The number of nitrogens with zero attached hydrogens (tertiary/aromatic N) is 1. The molecule has 1 aromatic carbocycles. The Labute approximate surface area is 121 Å². The monoisotopic (exact) mass is 288 g/mol. The first-order valence-electron chi connectivity index (χ1n) is 6.95. The highest BCUT2D eigenvalue weighted by atomic mass is 16.4. The van der Waals surface area contributed by atoms with Crippen molar-refractivity contribution in [3.63, 3.8) is 0 Å². The SMILES string of the molecule is O=C1CCC(C(=O)N2Cc3ccccc3C(C(=O)O)C2)N1. The number of hydrogen-bond donors (Lipinski definition) is 2. The van der Waals surface area contributed by atoms with Gasteiger partial charge in [0.2, 0.25) is 11.8 Å². The van der Waals surface area contributed by atoms with Crippen LogP contribution in [-0.4, -0.2) is 40.4 Å². The van der Waals surface area contributed by atoms with Crippen LogP contribution in [0.4, 0.5) is 0 Å². The van der Waals surface area contributed by atoms with E-state index in [0.29, 0.717) is 19.4 Å². The number of aliphatic carboxylic acids is 1. The number of amides is 2. The van der Waals surface area contributed by atoms with Crippen LogP contribution in [0.1, 0.15) is 29.9 Å². The van der Waals surface area contributed by atoms with Crippen LogP contribution >= 0.6 is 0 Å². The standard InChI is InChI=1S/C15H16N2O4/c18-13-6-5-12(16-13)14(19)17-7-9-3-1-2-4-10(9)11(8-17)15(20)21/h1-4,11-12H,5-8H2,(H,16,18)(H,20,21). The first-order valence-corrected chi connectivity index (χ1v) is 6.95. The van der Waals surface area contributed by atoms with Crippen molar-refractivity contribution in [1.29, 1.82) is 0 Å². The van der Waals surface area contributed by atoms with Gasteiger partial charge in [0.05, 0.1) is 5.92 Å². The fourth-order valence-electron chi connectivity index (χ4n) is 3.01. The second-order valence-electron chi connectivity index (χ2n) is 5.47. The molecule has 0 radical (unpaired) electrons. The summed E-state index contributed by atoms with van der Waals surface area (Å²) in [7, 11) is 0. The second kappa shape index (κ2) is 5.20. The van der Waals surface area contributed by atoms with Crippen molar-refractivity contribution in [1.82, 2.24) is 10.2 Å². The van der Waals surface area contributed by atoms with E-state index in [2.05, 4.69) is 5.32 Å². The van der Waals surface area contributed by atoms with Crippen LogP contribution in [0.5, 0.6) is 0 Å². The Kier molecular flexibility index (Phi) is 3.37. The number of carbonyl (C=O) groups is 3. The van der Waals surface area contributed by atoms with Gasteiger partial charge in [-0.2, -0.15) is 0 Å². The van der Waals surface area contributed by atoms with E-state index in [4.69, 9.17) is 0 Å². The summed E-state index contributed by atoms with van der Waals surface area (Å²) in [4.78, 5) is 36.7. The van der Waals surface area contributed by atoms with E-state index in [-0.39, 0.29) is 18.4 Å². The van der Waals surface area contributed by atoms with Gasteiger partial charge in [-0.1, -0.05) is 24.3 Å². The van der Waals surface area contributed by atoms with E-state index >= 15 is 0 Å². The number of carboxylic acid groups (broad SMARTS) is 1. The van der Waals surface area contributed by atoms with Crippen LogP contribution in [0.15, 0.2) is 24.3 Å². The Morgan fingerprint density at radius 1 is 1.29 bits per heavy atom. The summed E-state index contributed by atoms with van der Waals surface area (Å²) >= 11 is 0. The summed E-state index contributed by atoms with van der Waals surface area (Å²) in [6.45, 7) is 0.544. The smallest absolute Gasteiger partial charge is 0.312 e. The fourth-order valence-corrected chi connectivity index (χ4v) is 3.01. The molecule has 110 valence electrons. The number of hydrogen-bond acceptors (Lipinski definition) is 3. The molecular formula is C15H16N2O4. The molecule has 2 atom stereocenters. The number of nitrogens with one attached hydrogen (secondary N) is 1. The Morgan fingerprint density at radius 2 is 2.05 bits per heavy atom. The molecule has 1 saturated heterocycles. The molecule has 1 aromatic rings. The topological polar surface area (TPSA) is 86.7 Å².